The van der Waals surface area contributed by atoms with E-state index in [2.05, 4.69) is 9.97 Å². The SMILES string of the molecule is CCOC(=O)COc1ccc(-c2c3nc(c(-c4ccc(OCC(=O)OCC)c(OCC(=O)OCC)c4)c4cc(CC(=O)O)c([nH]4)c(-c4ccc(OCC(=O)OCC)c(OCC(=O)OCC)c4)c4nc(c(-c5ccc(OCC(=O)OCC)c(OCC(=O)OCC)c5)c5ccc2[nH]5)C=C4)C=C3)cc1OCC(=O)OCC. The lowest BCUT2D eigenvalue weighted by Crippen LogP contribution is -2.17. The van der Waals surface area contributed by atoms with Crippen LogP contribution in [-0.4, -0.2) is 184 Å². The van der Waals surface area contributed by atoms with Crippen LogP contribution in [0.15, 0.2) is 91.0 Å². The molecule has 108 heavy (non-hydrogen) atoms. The molecule has 5 heterocycles. The summed E-state index contributed by atoms with van der Waals surface area (Å²) in [5, 5.41) is 11.0. The molecule has 2 aliphatic rings. The van der Waals surface area contributed by atoms with Crippen molar-refractivity contribution >= 4 is 100 Å². The summed E-state index contributed by atoms with van der Waals surface area (Å²) in [7, 11) is 0. The van der Waals surface area contributed by atoms with E-state index in [0.717, 1.165) is 0 Å². The quantitative estimate of drug-likeness (QED) is 0.0239. The summed E-state index contributed by atoms with van der Waals surface area (Å²) in [6.45, 7) is 8.80. The predicted molar refractivity (Wildman–Crippen MR) is 389 cm³/mol. The summed E-state index contributed by atoms with van der Waals surface area (Å²) in [6.07, 6.45) is 6.14. The second-order valence-corrected chi connectivity index (χ2v) is 22.8. The van der Waals surface area contributed by atoms with Gasteiger partial charge in [-0.25, -0.2) is 48.3 Å². The summed E-state index contributed by atoms with van der Waals surface area (Å²) in [5.41, 5.74) is 4.83. The molecule has 0 fully saturated rings. The largest absolute Gasteiger partial charge is 0.481 e. The van der Waals surface area contributed by atoms with Crippen LogP contribution in [0.1, 0.15) is 83.7 Å². The Kier molecular flexibility index (Phi) is 28.4. The number of H-pyrrole nitrogens is 2. The molecule has 8 bridgehead atoms. The molecule has 0 amide bonds. The summed E-state index contributed by atoms with van der Waals surface area (Å²) >= 11 is 0. The van der Waals surface area contributed by atoms with Gasteiger partial charge in [0.15, 0.2) is 98.9 Å². The highest BCUT2D eigenvalue weighted by Crippen LogP contribution is 2.45. The molecule has 7 aromatic rings. The number of ether oxygens (including phenoxy) is 16. The number of aromatic nitrogens is 4. The normalized spacial score (nSPS) is 11.1. The van der Waals surface area contributed by atoms with E-state index in [1.807, 2.05) is 0 Å². The Labute approximate surface area is 619 Å². The van der Waals surface area contributed by atoms with Crippen LogP contribution in [0.5, 0.6) is 46.0 Å². The first kappa shape index (κ1) is 79.2. The lowest BCUT2D eigenvalue weighted by atomic mass is 10.00. The maximum atomic E-state index is 13.5. The number of hydrogen-bond acceptors (Lipinski definition) is 27. The second kappa shape index (κ2) is 38.7. The maximum Gasteiger partial charge on any atom is 0.344 e. The van der Waals surface area contributed by atoms with Gasteiger partial charge < -0.3 is 90.9 Å². The first-order chi connectivity index (χ1) is 52.3. The van der Waals surface area contributed by atoms with Crippen LogP contribution in [0.3, 0.4) is 0 Å². The molecule has 0 saturated carbocycles. The van der Waals surface area contributed by atoms with Crippen LogP contribution in [0.2, 0.25) is 0 Å². The van der Waals surface area contributed by atoms with Gasteiger partial charge in [-0.1, -0.05) is 24.3 Å². The molecule has 3 aromatic heterocycles. The maximum absolute atomic E-state index is 13.5. The Morgan fingerprint density at radius 3 is 0.796 bits per heavy atom. The smallest absolute Gasteiger partial charge is 0.344 e. The highest BCUT2D eigenvalue weighted by Gasteiger charge is 2.27. The lowest BCUT2D eigenvalue weighted by molar-refractivity contribution is -0.146. The fourth-order valence-electron chi connectivity index (χ4n) is 11.2. The number of rotatable bonds is 38. The molecule has 0 aliphatic carbocycles. The van der Waals surface area contributed by atoms with Gasteiger partial charge in [0, 0.05) is 38.8 Å². The molecule has 4 aromatic carbocycles. The Bertz CT molecular complexity index is 4740. The summed E-state index contributed by atoms with van der Waals surface area (Å²) in [4.78, 5) is 135. The first-order valence-electron chi connectivity index (χ1n) is 34.5. The van der Waals surface area contributed by atoms with Gasteiger partial charge in [-0.05, 0) is 174 Å². The van der Waals surface area contributed by atoms with Crippen molar-refractivity contribution in [2.45, 2.75) is 61.8 Å². The Balaban J connectivity index is 1.47. The fraction of sp³-hybridized carbons (Fsp3) is 0.321. The Morgan fingerprint density at radius 2 is 0.537 bits per heavy atom. The van der Waals surface area contributed by atoms with E-state index in [9.17, 15) is 48.3 Å². The monoisotopic (exact) mass is 1490 g/mol. The number of benzene rings is 4. The number of aliphatic carboxylic acids is 1. The van der Waals surface area contributed by atoms with Crippen molar-refractivity contribution in [1.82, 2.24) is 19.9 Å². The van der Waals surface area contributed by atoms with Gasteiger partial charge in [0.25, 0.3) is 0 Å². The number of esters is 8. The zero-order chi connectivity index (χ0) is 77.2. The fourth-order valence-corrected chi connectivity index (χ4v) is 11.2. The van der Waals surface area contributed by atoms with Crippen LogP contribution in [0, 0.1) is 0 Å². The molecular formula is C78H80N4O26. The van der Waals surface area contributed by atoms with Crippen molar-refractivity contribution in [1.29, 1.82) is 0 Å². The van der Waals surface area contributed by atoms with Gasteiger partial charge in [0.05, 0.1) is 87.6 Å². The average molecular weight is 1490 g/mol. The number of carbonyl (C=O) groups is 9. The summed E-state index contributed by atoms with van der Waals surface area (Å²) in [5.74, 6) is -7.04. The zero-order valence-corrected chi connectivity index (χ0v) is 60.5. The number of hydrogen-bond donors (Lipinski definition) is 3. The Morgan fingerprint density at radius 1 is 0.296 bits per heavy atom. The van der Waals surface area contributed by atoms with Crippen molar-refractivity contribution in [3.63, 3.8) is 0 Å². The standard InChI is InChI=1S/C78H80N4O26/c1-9-93-66(85)37-101-57-27-17-45(32-61(57)105-41-70(89)97-13-5)74-50-21-22-51(79-50)75(46-18-28-58(102-38-67(86)94-10-2)62(33-46)106-42-71(90)98-14-6)53-25-26-55(81-53)77(48-20-30-60(104-40-69(88)96-12-4)64(35-48)108-44-73(92)100-16-8)78-49(36-65(83)84)31-56(82-78)76(54-24-23-52(74)80-54)47-19-29-59(103-39-68(87)95-11-3)63(34-47)107-43-72(91)99-15-7/h17-35,79,82H,9-16,36-44H2,1-8H3,(H,83,84). The molecule has 3 N–H and O–H groups in total. The van der Waals surface area contributed by atoms with Crippen LogP contribution in [0.4, 0.5) is 0 Å². The second-order valence-electron chi connectivity index (χ2n) is 22.8. The number of carboxylic acids is 1. The number of carboxylic acid groups (broad SMARTS) is 1. The van der Waals surface area contributed by atoms with Crippen LogP contribution < -0.4 is 37.9 Å². The third-order valence-corrected chi connectivity index (χ3v) is 15.4. The minimum Gasteiger partial charge on any atom is -0.481 e. The number of nitrogens with zero attached hydrogens (tertiary/aromatic N) is 2. The van der Waals surface area contributed by atoms with Crippen molar-refractivity contribution in [3.8, 4) is 90.5 Å². The van der Waals surface area contributed by atoms with Crippen molar-refractivity contribution in [2.24, 2.45) is 0 Å². The van der Waals surface area contributed by atoms with Crippen molar-refractivity contribution in [3.05, 3.63) is 119 Å². The molecule has 568 valence electrons. The molecule has 0 spiro atoms. The van der Waals surface area contributed by atoms with Gasteiger partial charge in [-0.3, -0.25) is 4.79 Å². The molecule has 30 nitrogen and oxygen atoms in total. The molecule has 0 atom stereocenters. The van der Waals surface area contributed by atoms with E-state index in [1.54, 1.807) is 134 Å². The van der Waals surface area contributed by atoms with E-state index in [1.165, 1.54) is 36.4 Å². The average Bonchev–Trinajstić information content (AvgIpc) is 1.60. The molecular weight excluding hydrogens is 1410 g/mol. The van der Waals surface area contributed by atoms with Crippen molar-refractivity contribution < 1.29 is 124 Å². The first-order valence-corrected chi connectivity index (χ1v) is 34.5. The van der Waals surface area contributed by atoms with Gasteiger partial charge >= 0.3 is 53.7 Å². The van der Waals surface area contributed by atoms with Crippen LogP contribution >= 0.6 is 0 Å². The minimum atomic E-state index is -1.27. The number of fused-ring (bicyclic) bond motifs is 8. The van der Waals surface area contributed by atoms with E-state index >= 15 is 0 Å². The summed E-state index contributed by atoms with van der Waals surface area (Å²) < 4.78 is 89.9. The van der Waals surface area contributed by atoms with E-state index in [-0.39, 0.29) is 155 Å². The van der Waals surface area contributed by atoms with Gasteiger partial charge in [0.1, 0.15) is 0 Å². The molecule has 30 heteroatoms. The van der Waals surface area contributed by atoms with E-state index in [0.29, 0.717) is 38.9 Å². The van der Waals surface area contributed by atoms with Gasteiger partial charge in [-0.15, -0.1) is 0 Å². The van der Waals surface area contributed by atoms with Crippen LogP contribution in [0.25, 0.3) is 90.9 Å². The predicted octanol–water partition coefficient (Wildman–Crippen LogP) is 10.5. The molecule has 0 radical (unpaired) electrons. The van der Waals surface area contributed by atoms with Gasteiger partial charge in [0.2, 0.25) is 0 Å². The number of aromatic amines is 2. The Hall–Kier alpha value is -12.9. The van der Waals surface area contributed by atoms with Crippen LogP contribution in [-0.2, 0) is 87.5 Å². The minimum absolute atomic E-state index is 0.00729. The number of carbonyl (C=O) groups excluding carboxylic acids is 8. The summed E-state index contributed by atoms with van der Waals surface area (Å²) in [6, 6.07) is 23.9. The molecule has 0 saturated heterocycles. The topological polar surface area (TPSA) is 379 Å². The van der Waals surface area contributed by atoms with E-state index < -0.39 is 113 Å². The third kappa shape index (κ3) is 21.0. The third-order valence-electron chi connectivity index (χ3n) is 15.4. The molecule has 2 aliphatic heterocycles. The lowest BCUT2D eigenvalue weighted by Gasteiger charge is -2.15. The van der Waals surface area contributed by atoms with Crippen molar-refractivity contribution in [2.75, 3.05) is 106 Å². The zero-order valence-electron chi connectivity index (χ0n) is 60.5. The molecule has 9 rings (SSSR count). The van der Waals surface area contributed by atoms with Gasteiger partial charge in [-0.2, -0.15) is 0 Å². The molecule has 0 unspecified atom stereocenters. The highest BCUT2D eigenvalue weighted by atomic mass is 16.6. The number of nitrogens with one attached hydrogen (secondary N) is 2. The van der Waals surface area contributed by atoms with E-state index in [4.69, 9.17) is 85.8 Å². The highest BCUT2D eigenvalue weighted by molar-refractivity contribution is 6.02.